The van der Waals surface area contributed by atoms with E-state index in [1.54, 1.807) is 103 Å². The maximum absolute atomic E-state index is 2.37. The molecule has 0 amide bonds. The summed E-state index contributed by atoms with van der Waals surface area (Å²) in [6.07, 6.45) is 38.8. The number of hydrogen-bond donors (Lipinski definition) is 0. The van der Waals surface area contributed by atoms with E-state index >= 15 is 0 Å². The molecule has 34 heavy (non-hydrogen) atoms. The zero-order chi connectivity index (χ0) is 23.6. The molecule has 0 nitrogen and oxygen atoms in total. The van der Waals surface area contributed by atoms with Gasteiger partial charge in [-0.25, -0.2) is 0 Å². The maximum Gasteiger partial charge on any atom is -0.0292 e. The summed E-state index contributed by atoms with van der Waals surface area (Å²) in [4.78, 5) is 0. The molecule has 0 heterocycles. The van der Waals surface area contributed by atoms with E-state index in [4.69, 9.17) is 0 Å². The van der Waals surface area contributed by atoms with E-state index in [1.165, 1.54) is 57.8 Å². The predicted octanol–water partition coefficient (Wildman–Crippen LogP) is 11.5. The molecule has 0 saturated heterocycles. The molecular weight excluding hydrogens is 408 g/mol. The van der Waals surface area contributed by atoms with Gasteiger partial charge in [0.2, 0.25) is 0 Å². The van der Waals surface area contributed by atoms with Crippen LogP contribution in [0.4, 0.5) is 0 Å². The van der Waals surface area contributed by atoms with E-state index in [-0.39, 0.29) is 0 Å². The van der Waals surface area contributed by atoms with Crippen LogP contribution >= 0.6 is 0 Å². The van der Waals surface area contributed by atoms with Crippen LogP contribution in [0.25, 0.3) is 0 Å². The highest BCUT2D eigenvalue weighted by molar-refractivity contribution is 4.93. The first-order valence-corrected chi connectivity index (χ1v) is 16.7. The highest BCUT2D eigenvalue weighted by Crippen LogP contribution is 2.54. The van der Waals surface area contributed by atoms with Crippen LogP contribution in [0.1, 0.15) is 174 Å². The largest absolute Gasteiger partial charge is 0.0654 e. The fraction of sp³-hybridized carbons (Fsp3) is 1.00. The molecule has 4 fully saturated rings. The summed E-state index contributed by atoms with van der Waals surface area (Å²) in [6.45, 7) is 4.74. The first-order chi connectivity index (χ1) is 16.7. The molecule has 4 aliphatic rings. The second kappa shape index (κ2) is 14.1. The summed E-state index contributed by atoms with van der Waals surface area (Å²) in [5, 5.41) is 0. The molecule has 0 heteroatoms. The van der Waals surface area contributed by atoms with Crippen molar-refractivity contribution < 1.29 is 0 Å². The van der Waals surface area contributed by atoms with Crippen molar-refractivity contribution in [2.45, 2.75) is 174 Å². The van der Waals surface area contributed by atoms with Gasteiger partial charge in [0.05, 0.1) is 0 Å². The van der Waals surface area contributed by atoms with Gasteiger partial charge in [0.1, 0.15) is 0 Å². The Kier molecular flexibility index (Phi) is 11.2. The Morgan fingerprint density at radius 3 is 1.32 bits per heavy atom. The van der Waals surface area contributed by atoms with Crippen molar-refractivity contribution >= 4 is 0 Å². The summed E-state index contributed by atoms with van der Waals surface area (Å²) < 4.78 is 0. The van der Waals surface area contributed by atoms with E-state index in [1.807, 2.05) is 0 Å². The van der Waals surface area contributed by atoms with Gasteiger partial charge >= 0.3 is 0 Å². The highest BCUT2D eigenvalue weighted by atomic mass is 14.5. The van der Waals surface area contributed by atoms with Crippen LogP contribution in [-0.2, 0) is 0 Å². The zero-order valence-corrected chi connectivity index (χ0v) is 23.6. The highest BCUT2D eigenvalue weighted by Gasteiger charge is 2.41. The predicted molar refractivity (Wildman–Crippen MR) is 150 cm³/mol. The molecule has 4 aliphatic carbocycles. The lowest BCUT2D eigenvalue weighted by atomic mass is 9.58. The Morgan fingerprint density at radius 2 is 0.882 bits per heavy atom. The standard InChI is InChI=1S/C34H62/c1-3-5-10-28-14-18-30(19-15-28)26-34(27-31-20-16-29(17-21-31)11-6-4-2)24-22-33(23-25-34)32-12-8-7-9-13-32/h28-33H,3-27H2,1-2H3. The number of unbranched alkanes of at least 4 members (excludes halogenated alkanes) is 2. The normalized spacial score (nSPS) is 38.1. The molecule has 0 N–H and O–H groups in total. The summed E-state index contributed by atoms with van der Waals surface area (Å²) in [7, 11) is 0. The second-order valence-electron chi connectivity index (χ2n) is 14.2. The average molecular weight is 471 g/mol. The molecule has 4 rings (SSSR count). The van der Waals surface area contributed by atoms with Crippen LogP contribution in [0.2, 0.25) is 0 Å². The summed E-state index contributed by atoms with van der Waals surface area (Å²) >= 11 is 0. The van der Waals surface area contributed by atoms with Gasteiger partial charge in [-0.15, -0.1) is 0 Å². The molecule has 0 aromatic carbocycles. The minimum Gasteiger partial charge on any atom is -0.0654 e. The Morgan fingerprint density at radius 1 is 0.471 bits per heavy atom. The van der Waals surface area contributed by atoms with Gasteiger partial charge in [-0.05, 0) is 79.4 Å². The quantitative estimate of drug-likeness (QED) is 0.281. The fourth-order valence-corrected chi connectivity index (χ4v) is 9.48. The van der Waals surface area contributed by atoms with Crippen molar-refractivity contribution in [3.63, 3.8) is 0 Å². The summed E-state index contributed by atoms with van der Waals surface area (Å²) in [5.41, 5.74) is 0.743. The molecule has 0 bridgehead atoms. The van der Waals surface area contributed by atoms with Gasteiger partial charge in [0, 0.05) is 0 Å². The topological polar surface area (TPSA) is 0 Å². The van der Waals surface area contributed by atoms with Crippen LogP contribution in [0.5, 0.6) is 0 Å². The van der Waals surface area contributed by atoms with Crippen molar-refractivity contribution in [3.8, 4) is 0 Å². The lowest BCUT2D eigenvalue weighted by Crippen LogP contribution is -2.36. The van der Waals surface area contributed by atoms with E-state index in [0.29, 0.717) is 0 Å². The second-order valence-corrected chi connectivity index (χ2v) is 14.2. The first kappa shape index (κ1) is 27.0. The van der Waals surface area contributed by atoms with Crippen molar-refractivity contribution in [2.75, 3.05) is 0 Å². The minimum atomic E-state index is 0.743. The van der Waals surface area contributed by atoms with Gasteiger partial charge in [0.25, 0.3) is 0 Å². The Bertz CT molecular complexity index is 486. The lowest BCUT2D eigenvalue weighted by Gasteiger charge is -2.48. The first-order valence-electron chi connectivity index (χ1n) is 16.7. The van der Waals surface area contributed by atoms with Gasteiger partial charge < -0.3 is 0 Å². The third-order valence-corrected chi connectivity index (χ3v) is 11.7. The fourth-order valence-electron chi connectivity index (χ4n) is 9.48. The molecule has 0 radical (unpaired) electrons. The molecule has 198 valence electrons. The van der Waals surface area contributed by atoms with Gasteiger partial charge in [-0.3, -0.25) is 0 Å². The Hall–Kier alpha value is 0. The van der Waals surface area contributed by atoms with Gasteiger partial charge in [0.15, 0.2) is 0 Å². The van der Waals surface area contributed by atoms with Crippen molar-refractivity contribution in [1.29, 1.82) is 0 Å². The summed E-state index contributed by atoms with van der Waals surface area (Å²) in [5.74, 6) is 6.51. The van der Waals surface area contributed by atoms with Crippen LogP contribution in [-0.4, -0.2) is 0 Å². The molecular formula is C34H62. The zero-order valence-electron chi connectivity index (χ0n) is 23.6. The van der Waals surface area contributed by atoms with Crippen molar-refractivity contribution in [2.24, 2.45) is 40.9 Å². The Balaban J connectivity index is 1.31. The van der Waals surface area contributed by atoms with Gasteiger partial charge in [-0.1, -0.05) is 136 Å². The van der Waals surface area contributed by atoms with E-state index in [0.717, 1.165) is 40.9 Å². The van der Waals surface area contributed by atoms with Crippen LogP contribution < -0.4 is 0 Å². The van der Waals surface area contributed by atoms with Crippen LogP contribution in [0.3, 0.4) is 0 Å². The maximum atomic E-state index is 2.37. The smallest absolute Gasteiger partial charge is 0.0292 e. The van der Waals surface area contributed by atoms with Crippen molar-refractivity contribution in [3.05, 3.63) is 0 Å². The van der Waals surface area contributed by atoms with E-state index in [2.05, 4.69) is 13.8 Å². The average Bonchev–Trinajstić information content (AvgIpc) is 2.89. The molecule has 0 aromatic heterocycles. The van der Waals surface area contributed by atoms with Crippen LogP contribution in [0.15, 0.2) is 0 Å². The number of rotatable bonds is 11. The minimum absolute atomic E-state index is 0.743. The molecule has 0 spiro atoms. The molecule has 0 atom stereocenters. The Labute approximate surface area is 215 Å². The third kappa shape index (κ3) is 8.00. The SMILES string of the molecule is CCCCC1CCC(CC2(CC3CCC(CCCC)CC3)CCC(C3CCCCC3)CC2)CC1. The van der Waals surface area contributed by atoms with E-state index in [9.17, 15) is 0 Å². The third-order valence-electron chi connectivity index (χ3n) is 11.7. The lowest BCUT2D eigenvalue weighted by molar-refractivity contribution is 0.0376. The molecule has 0 aromatic rings. The monoisotopic (exact) mass is 470 g/mol. The summed E-state index contributed by atoms with van der Waals surface area (Å²) in [6, 6.07) is 0. The molecule has 0 unspecified atom stereocenters. The van der Waals surface area contributed by atoms with E-state index < -0.39 is 0 Å². The molecule has 0 aliphatic heterocycles. The van der Waals surface area contributed by atoms with Crippen molar-refractivity contribution in [1.82, 2.24) is 0 Å². The van der Waals surface area contributed by atoms with Gasteiger partial charge in [-0.2, -0.15) is 0 Å². The molecule has 4 saturated carbocycles. The number of hydrogen-bond acceptors (Lipinski definition) is 0. The van der Waals surface area contributed by atoms with Crippen LogP contribution in [0, 0.1) is 40.9 Å².